The molecule has 0 radical (unpaired) electrons. The van der Waals surface area contributed by atoms with Crippen molar-refractivity contribution in [3.05, 3.63) is 34.3 Å². The fourth-order valence-electron chi connectivity index (χ4n) is 2.90. The van der Waals surface area contributed by atoms with Gasteiger partial charge in [-0.2, -0.15) is 13.2 Å². The van der Waals surface area contributed by atoms with Gasteiger partial charge < -0.3 is 5.73 Å². The van der Waals surface area contributed by atoms with E-state index < -0.39 is 11.7 Å². The van der Waals surface area contributed by atoms with E-state index in [1.54, 1.807) is 6.07 Å². The summed E-state index contributed by atoms with van der Waals surface area (Å²) in [4.78, 5) is 0. The molecule has 1 aliphatic carbocycles. The Bertz CT molecular complexity index is 450. The van der Waals surface area contributed by atoms with Crippen LogP contribution in [-0.4, -0.2) is 6.54 Å². The Hall–Kier alpha value is -0.740. The van der Waals surface area contributed by atoms with E-state index in [-0.39, 0.29) is 10.4 Å². The van der Waals surface area contributed by atoms with Crippen molar-refractivity contribution in [1.29, 1.82) is 0 Å². The molecule has 0 spiro atoms. The summed E-state index contributed by atoms with van der Waals surface area (Å²) in [6.07, 6.45) is 0.428. The van der Waals surface area contributed by atoms with E-state index in [1.807, 2.05) is 0 Å². The third kappa shape index (κ3) is 3.06. The van der Waals surface area contributed by atoms with Crippen LogP contribution in [0, 0.1) is 0 Å². The van der Waals surface area contributed by atoms with Crippen molar-refractivity contribution in [3.63, 3.8) is 0 Å². The van der Waals surface area contributed by atoms with E-state index in [0.29, 0.717) is 12.1 Å². The van der Waals surface area contributed by atoms with Gasteiger partial charge in [0.1, 0.15) is 0 Å². The van der Waals surface area contributed by atoms with E-state index in [1.165, 1.54) is 6.07 Å². The number of rotatable bonds is 2. The summed E-state index contributed by atoms with van der Waals surface area (Å²) < 4.78 is 38.6. The highest BCUT2D eigenvalue weighted by atomic mass is 35.5. The van der Waals surface area contributed by atoms with Crippen molar-refractivity contribution in [3.8, 4) is 0 Å². The van der Waals surface area contributed by atoms with Crippen LogP contribution < -0.4 is 5.73 Å². The van der Waals surface area contributed by atoms with Crippen LogP contribution in [0.15, 0.2) is 18.2 Å². The smallest absolute Gasteiger partial charge is 0.330 e. The lowest BCUT2D eigenvalue weighted by atomic mass is 9.69. The molecule has 1 saturated carbocycles. The average molecular weight is 292 g/mol. The van der Waals surface area contributed by atoms with Crippen LogP contribution in [0.4, 0.5) is 13.2 Å². The second-order valence-corrected chi connectivity index (χ2v) is 5.71. The number of nitrogens with two attached hydrogens (primary N) is 1. The normalized spacial score (nSPS) is 19.4. The number of benzene rings is 1. The highest BCUT2D eigenvalue weighted by molar-refractivity contribution is 6.30. The SMILES string of the molecule is NCC1(c2cc(Cl)cc(C(F)(F)F)c2)CCCCC1. The summed E-state index contributed by atoms with van der Waals surface area (Å²) in [6, 6.07) is 3.82. The Balaban J connectivity index is 2.46. The van der Waals surface area contributed by atoms with Gasteiger partial charge in [0.25, 0.3) is 0 Å². The van der Waals surface area contributed by atoms with Crippen LogP contribution in [-0.2, 0) is 11.6 Å². The minimum atomic E-state index is -4.37. The third-order valence-corrected chi connectivity index (χ3v) is 4.26. The standard InChI is InChI=1S/C14H17ClF3N/c15-12-7-10(6-11(8-12)14(16,17)18)13(9-19)4-2-1-3-5-13/h6-8H,1-5,9,19H2. The number of halogens is 4. The van der Waals surface area contributed by atoms with E-state index in [9.17, 15) is 13.2 Å². The Labute approximate surface area is 115 Å². The fourth-order valence-corrected chi connectivity index (χ4v) is 3.13. The molecule has 0 aromatic heterocycles. The minimum Gasteiger partial charge on any atom is -0.330 e. The first-order valence-electron chi connectivity index (χ1n) is 6.46. The molecular formula is C14H17ClF3N. The lowest BCUT2D eigenvalue weighted by Crippen LogP contribution is -2.37. The van der Waals surface area contributed by atoms with Gasteiger partial charge in [-0.3, -0.25) is 0 Å². The van der Waals surface area contributed by atoms with Crippen LogP contribution in [0.2, 0.25) is 5.02 Å². The van der Waals surface area contributed by atoms with Gasteiger partial charge >= 0.3 is 6.18 Å². The van der Waals surface area contributed by atoms with Crippen LogP contribution >= 0.6 is 11.6 Å². The molecule has 2 rings (SSSR count). The fraction of sp³-hybridized carbons (Fsp3) is 0.571. The number of hydrogen-bond donors (Lipinski definition) is 1. The topological polar surface area (TPSA) is 26.0 Å². The Kier molecular flexibility index (Phi) is 4.11. The van der Waals surface area contributed by atoms with E-state index in [0.717, 1.165) is 38.2 Å². The van der Waals surface area contributed by atoms with Gasteiger partial charge in [0.2, 0.25) is 0 Å². The molecule has 19 heavy (non-hydrogen) atoms. The molecule has 0 bridgehead atoms. The lowest BCUT2D eigenvalue weighted by Gasteiger charge is -2.37. The molecule has 0 atom stereocenters. The first-order valence-corrected chi connectivity index (χ1v) is 6.83. The lowest BCUT2D eigenvalue weighted by molar-refractivity contribution is -0.137. The monoisotopic (exact) mass is 291 g/mol. The molecule has 0 heterocycles. The van der Waals surface area contributed by atoms with E-state index in [4.69, 9.17) is 17.3 Å². The van der Waals surface area contributed by atoms with Gasteiger partial charge in [0, 0.05) is 17.0 Å². The first kappa shape index (κ1) is 14.7. The molecule has 1 aromatic rings. The average Bonchev–Trinajstić information content (AvgIpc) is 2.38. The highest BCUT2D eigenvalue weighted by Crippen LogP contribution is 2.41. The van der Waals surface area contributed by atoms with Crippen LogP contribution in [0.1, 0.15) is 43.2 Å². The molecule has 106 valence electrons. The number of alkyl halides is 3. The zero-order chi connectivity index (χ0) is 14.1. The second-order valence-electron chi connectivity index (χ2n) is 5.27. The van der Waals surface area contributed by atoms with Crippen LogP contribution in [0.5, 0.6) is 0 Å². The minimum absolute atomic E-state index is 0.128. The molecule has 0 amide bonds. The molecule has 2 N–H and O–H groups in total. The third-order valence-electron chi connectivity index (χ3n) is 4.04. The summed E-state index contributed by atoms with van der Waals surface area (Å²) in [5.74, 6) is 0. The molecule has 1 aromatic carbocycles. The predicted molar refractivity (Wildman–Crippen MR) is 70.3 cm³/mol. The second kappa shape index (κ2) is 5.33. The highest BCUT2D eigenvalue weighted by Gasteiger charge is 2.36. The maximum atomic E-state index is 12.9. The van der Waals surface area contributed by atoms with Crippen molar-refractivity contribution in [1.82, 2.24) is 0 Å². The van der Waals surface area contributed by atoms with Gasteiger partial charge in [-0.25, -0.2) is 0 Å². The Morgan fingerprint density at radius 3 is 2.26 bits per heavy atom. The quantitative estimate of drug-likeness (QED) is 0.852. The maximum Gasteiger partial charge on any atom is 0.416 e. The van der Waals surface area contributed by atoms with E-state index in [2.05, 4.69) is 0 Å². The van der Waals surface area contributed by atoms with Crippen molar-refractivity contribution in [2.75, 3.05) is 6.54 Å². The summed E-state index contributed by atoms with van der Waals surface area (Å²) in [5, 5.41) is 0.128. The number of hydrogen-bond acceptors (Lipinski definition) is 1. The van der Waals surface area contributed by atoms with Crippen molar-refractivity contribution < 1.29 is 13.2 Å². The zero-order valence-electron chi connectivity index (χ0n) is 10.6. The first-order chi connectivity index (χ1) is 8.87. The van der Waals surface area contributed by atoms with Crippen molar-refractivity contribution >= 4 is 11.6 Å². The Morgan fingerprint density at radius 1 is 1.11 bits per heavy atom. The molecule has 5 heteroatoms. The summed E-state index contributed by atoms with van der Waals surface area (Å²) in [7, 11) is 0. The van der Waals surface area contributed by atoms with Crippen LogP contribution in [0.3, 0.4) is 0 Å². The summed E-state index contributed by atoms with van der Waals surface area (Å²) >= 11 is 5.85. The van der Waals surface area contributed by atoms with Gasteiger partial charge in [-0.15, -0.1) is 0 Å². The van der Waals surface area contributed by atoms with Gasteiger partial charge in [-0.1, -0.05) is 30.9 Å². The molecule has 1 aliphatic rings. The molecule has 0 saturated heterocycles. The maximum absolute atomic E-state index is 12.9. The van der Waals surface area contributed by atoms with Crippen molar-refractivity contribution in [2.24, 2.45) is 5.73 Å². The largest absolute Gasteiger partial charge is 0.416 e. The zero-order valence-corrected chi connectivity index (χ0v) is 11.3. The molecule has 1 fully saturated rings. The summed E-state index contributed by atoms with van der Waals surface area (Å²) in [5.41, 5.74) is 5.46. The van der Waals surface area contributed by atoms with E-state index >= 15 is 0 Å². The molecule has 0 aliphatic heterocycles. The summed E-state index contributed by atoms with van der Waals surface area (Å²) in [6.45, 7) is 0.366. The molecule has 0 unspecified atom stereocenters. The van der Waals surface area contributed by atoms with Crippen molar-refractivity contribution in [2.45, 2.75) is 43.7 Å². The van der Waals surface area contributed by atoms with Gasteiger partial charge in [0.15, 0.2) is 0 Å². The predicted octanol–water partition coefficient (Wildman–Crippen LogP) is 4.52. The van der Waals surface area contributed by atoms with Gasteiger partial charge in [-0.05, 0) is 36.6 Å². The Morgan fingerprint density at radius 2 is 1.74 bits per heavy atom. The van der Waals surface area contributed by atoms with Crippen LogP contribution in [0.25, 0.3) is 0 Å². The molecular weight excluding hydrogens is 275 g/mol. The molecule has 1 nitrogen and oxygen atoms in total. The van der Waals surface area contributed by atoms with Gasteiger partial charge in [0.05, 0.1) is 5.56 Å².